The zero-order valence-electron chi connectivity index (χ0n) is 11.7. The quantitative estimate of drug-likeness (QED) is 0.675. The molecular weight excluding hydrogens is 310 g/mol. The Bertz CT molecular complexity index is 541. The Morgan fingerprint density at radius 3 is 2.32 bits per heavy atom. The molecule has 1 saturated carbocycles. The highest BCUT2D eigenvalue weighted by Gasteiger charge is 2.65. The number of hydrogen-bond acceptors (Lipinski definition) is 4. The van der Waals surface area contributed by atoms with Crippen molar-refractivity contribution in [3.05, 3.63) is 26.3 Å². The number of nitrogens with zero attached hydrogens (tertiary/aromatic N) is 2. The van der Waals surface area contributed by atoms with E-state index in [4.69, 9.17) is 0 Å². The molecule has 1 aromatic rings. The highest BCUT2D eigenvalue weighted by molar-refractivity contribution is 9.10. The van der Waals surface area contributed by atoms with Crippen LogP contribution in [0.25, 0.3) is 0 Å². The standard InChI is InChI=1S/C13H18BrN3O2/c1-7-8(17(18)19)6-15-10(9(7)14)16-11-12(2,3)13(11,4)5/h6,11H,1-5H3,(H,15,16). The minimum Gasteiger partial charge on any atom is -0.365 e. The van der Waals surface area contributed by atoms with Gasteiger partial charge in [0, 0.05) is 11.6 Å². The Kier molecular flexibility index (Phi) is 3.12. The molecule has 1 fully saturated rings. The van der Waals surface area contributed by atoms with Crippen LogP contribution in [-0.4, -0.2) is 15.9 Å². The van der Waals surface area contributed by atoms with Crippen LogP contribution in [0.1, 0.15) is 33.3 Å². The third kappa shape index (κ3) is 2.02. The van der Waals surface area contributed by atoms with Crippen molar-refractivity contribution < 1.29 is 4.92 Å². The van der Waals surface area contributed by atoms with Gasteiger partial charge in [0.1, 0.15) is 12.0 Å². The Balaban J connectivity index is 2.30. The van der Waals surface area contributed by atoms with Gasteiger partial charge in [0.15, 0.2) is 0 Å². The summed E-state index contributed by atoms with van der Waals surface area (Å²) in [6.07, 6.45) is 1.31. The summed E-state index contributed by atoms with van der Waals surface area (Å²) in [5.41, 5.74) is 0.999. The third-order valence-electron chi connectivity index (χ3n) is 4.74. The van der Waals surface area contributed by atoms with E-state index < -0.39 is 4.92 Å². The van der Waals surface area contributed by atoms with E-state index in [0.29, 0.717) is 21.9 Å². The van der Waals surface area contributed by atoms with Crippen molar-refractivity contribution in [2.45, 2.75) is 40.7 Å². The van der Waals surface area contributed by atoms with E-state index in [0.717, 1.165) is 0 Å². The van der Waals surface area contributed by atoms with E-state index in [1.165, 1.54) is 6.20 Å². The predicted molar refractivity (Wildman–Crippen MR) is 78.3 cm³/mol. The fraction of sp³-hybridized carbons (Fsp3) is 0.615. The molecule has 0 bridgehead atoms. The minimum absolute atomic E-state index is 0.0340. The van der Waals surface area contributed by atoms with Gasteiger partial charge < -0.3 is 5.32 Å². The average Bonchev–Trinajstić information content (AvgIpc) is 2.66. The number of pyridine rings is 1. The first-order valence-corrected chi connectivity index (χ1v) is 6.96. The zero-order valence-corrected chi connectivity index (χ0v) is 13.3. The first-order chi connectivity index (χ1) is 8.60. The summed E-state index contributed by atoms with van der Waals surface area (Å²) in [6.45, 7) is 10.5. The summed E-state index contributed by atoms with van der Waals surface area (Å²) >= 11 is 3.40. The number of hydrogen-bond donors (Lipinski definition) is 1. The Hall–Kier alpha value is -1.17. The van der Waals surface area contributed by atoms with Crippen molar-refractivity contribution in [1.29, 1.82) is 0 Å². The Morgan fingerprint density at radius 1 is 1.37 bits per heavy atom. The summed E-state index contributed by atoms with van der Waals surface area (Å²) in [5.74, 6) is 0.673. The molecule has 0 spiro atoms. The van der Waals surface area contributed by atoms with Crippen molar-refractivity contribution in [3.63, 3.8) is 0 Å². The number of rotatable bonds is 3. The second-order valence-corrected chi connectivity index (χ2v) is 7.00. The fourth-order valence-electron chi connectivity index (χ4n) is 2.55. The maximum Gasteiger partial charge on any atom is 0.291 e. The lowest BCUT2D eigenvalue weighted by Gasteiger charge is -2.11. The molecule has 1 N–H and O–H groups in total. The molecular formula is C13H18BrN3O2. The summed E-state index contributed by atoms with van der Waals surface area (Å²) in [4.78, 5) is 14.6. The van der Waals surface area contributed by atoms with Crippen molar-refractivity contribution >= 4 is 27.4 Å². The van der Waals surface area contributed by atoms with Crippen LogP contribution in [0.2, 0.25) is 0 Å². The number of nitro groups is 1. The van der Waals surface area contributed by atoms with Crippen LogP contribution in [0.15, 0.2) is 10.7 Å². The van der Waals surface area contributed by atoms with Gasteiger partial charge in [-0.25, -0.2) is 4.98 Å². The highest BCUT2D eigenvalue weighted by atomic mass is 79.9. The fourth-order valence-corrected chi connectivity index (χ4v) is 2.97. The normalized spacial score (nSPS) is 20.1. The van der Waals surface area contributed by atoms with E-state index in [1.807, 2.05) is 0 Å². The van der Waals surface area contributed by atoms with Gasteiger partial charge in [-0.3, -0.25) is 10.1 Å². The number of halogens is 1. The molecule has 2 rings (SSSR count). The minimum atomic E-state index is -0.415. The lowest BCUT2D eigenvalue weighted by molar-refractivity contribution is -0.385. The van der Waals surface area contributed by atoms with Gasteiger partial charge in [0.25, 0.3) is 5.69 Å². The first-order valence-electron chi connectivity index (χ1n) is 6.16. The molecule has 5 nitrogen and oxygen atoms in total. The second-order valence-electron chi connectivity index (χ2n) is 6.21. The van der Waals surface area contributed by atoms with Crippen LogP contribution >= 0.6 is 15.9 Å². The molecule has 6 heteroatoms. The third-order valence-corrected chi connectivity index (χ3v) is 5.71. The number of nitrogens with one attached hydrogen (secondary N) is 1. The monoisotopic (exact) mass is 327 g/mol. The molecule has 0 aliphatic heterocycles. The van der Waals surface area contributed by atoms with Gasteiger partial charge in [-0.2, -0.15) is 0 Å². The molecule has 1 aliphatic rings. The smallest absolute Gasteiger partial charge is 0.291 e. The molecule has 0 atom stereocenters. The molecule has 104 valence electrons. The van der Waals surface area contributed by atoms with E-state index in [1.54, 1.807) is 6.92 Å². The first kappa shape index (κ1) is 14.2. The summed E-state index contributed by atoms with van der Waals surface area (Å²) < 4.78 is 0.667. The molecule has 1 aromatic heterocycles. The van der Waals surface area contributed by atoms with Gasteiger partial charge in [0.2, 0.25) is 0 Å². The van der Waals surface area contributed by atoms with Gasteiger partial charge in [0.05, 0.1) is 9.40 Å². The van der Waals surface area contributed by atoms with Gasteiger partial charge in [-0.05, 0) is 33.7 Å². The molecule has 1 heterocycles. The average molecular weight is 328 g/mol. The van der Waals surface area contributed by atoms with E-state index in [-0.39, 0.29) is 16.5 Å². The predicted octanol–water partition coefficient (Wildman–Crippen LogP) is 3.91. The van der Waals surface area contributed by atoms with Crippen LogP contribution in [0.4, 0.5) is 11.5 Å². The lowest BCUT2D eigenvalue weighted by Crippen LogP contribution is -2.12. The van der Waals surface area contributed by atoms with Crippen LogP contribution in [0.5, 0.6) is 0 Å². The topological polar surface area (TPSA) is 68.1 Å². The van der Waals surface area contributed by atoms with Crippen LogP contribution in [-0.2, 0) is 0 Å². The van der Waals surface area contributed by atoms with Gasteiger partial charge >= 0.3 is 0 Å². The molecule has 0 radical (unpaired) electrons. The lowest BCUT2D eigenvalue weighted by atomic mass is 10.0. The second kappa shape index (κ2) is 4.16. The van der Waals surface area contributed by atoms with E-state index >= 15 is 0 Å². The van der Waals surface area contributed by atoms with E-state index in [9.17, 15) is 10.1 Å². The molecule has 0 saturated heterocycles. The Labute approximate surface area is 121 Å². The van der Waals surface area contributed by atoms with Crippen LogP contribution in [0, 0.1) is 27.9 Å². The van der Waals surface area contributed by atoms with Crippen molar-refractivity contribution in [3.8, 4) is 0 Å². The highest BCUT2D eigenvalue weighted by Crippen LogP contribution is 2.63. The molecule has 0 unspecified atom stereocenters. The summed E-state index contributed by atoms with van der Waals surface area (Å²) in [6, 6.07) is 0.310. The van der Waals surface area contributed by atoms with Gasteiger partial charge in [-0.1, -0.05) is 27.7 Å². The number of aromatic nitrogens is 1. The zero-order chi connectivity index (χ0) is 14.6. The Morgan fingerprint density at radius 2 is 1.89 bits per heavy atom. The maximum absolute atomic E-state index is 10.9. The number of anilines is 1. The molecule has 0 aromatic carbocycles. The largest absolute Gasteiger partial charge is 0.365 e. The van der Waals surface area contributed by atoms with Gasteiger partial charge in [-0.15, -0.1) is 0 Å². The van der Waals surface area contributed by atoms with Crippen LogP contribution < -0.4 is 5.32 Å². The van der Waals surface area contributed by atoms with Crippen LogP contribution in [0.3, 0.4) is 0 Å². The SMILES string of the molecule is Cc1c([N+](=O)[O-])cnc(NC2C(C)(C)C2(C)C)c1Br. The summed E-state index contributed by atoms with van der Waals surface area (Å²) in [7, 11) is 0. The van der Waals surface area contributed by atoms with Crippen molar-refractivity contribution in [2.75, 3.05) is 5.32 Å². The van der Waals surface area contributed by atoms with E-state index in [2.05, 4.69) is 53.9 Å². The molecule has 0 amide bonds. The van der Waals surface area contributed by atoms with Crippen molar-refractivity contribution in [1.82, 2.24) is 4.98 Å². The maximum atomic E-state index is 10.9. The molecule has 1 aliphatic carbocycles. The van der Waals surface area contributed by atoms with Crippen molar-refractivity contribution in [2.24, 2.45) is 10.8 Å². The summed E-state index contributed by atoms with van der Waals surface area (Å²) in [5, 5.41) is 14.2. The molecule has 19 heavy (non-hydrogen) atoms.